The van der Waals surface area contributed by atoms with Crippen LogP contribution in [0.15, 0.2) is 82.6 Å². The van der Waals surface area contributed by atoms with Crippen LogP contribution in [-0.4, -0.2) is 61.9 Å². The summed E-state index contributed by atoms with van der Waals surface area (Å²) in [7, 11) is 0. The number of aromatic nitrogens is 3. The second-order valence-corrected chi connectivity index (χ2v) is 8.93. The summed E-state index contributed by atoms with van der Waals surface area (Å²) in [4.78, 5) is 57.6. The third-order valence-corrected chi connectivity index (χ3v) is 6.63. The van der Waals surface area contributed by atoms with Crippen LogP contribution in [0, 0.1) is 0 Å². The number of rotatable bonds is 6. The van der Waals surface area contributed by atoms with Crippen molar-refractivity contribution in [2.75, 3.05) is 26.2 Å². The van der Waals surface area contributed by atoms with Crippen molar-refractivity contribution >= 4 is 22.7 Å². The Balaban J connectivity index is 1.20. The van der Waals surface area contributed by atoms with E-state index >= 15 is 0 Å². The van der Waals surface area contributed by atoms with E-state index in [1.54, 1.807) is 9.80 Å². The van der Waals surface area contributed by atoms with E-state index in [0.717, 1.165) is 26.6 Å². The number of aromatic amines is 1. The fourth-order valence-electron chi connectivity index (χ4n) is 4.60. The number of hydrogen-bond donors (Lipinski definition) is 1. The predicted molar refractivity (Wildman–Crippen MR) is 136 cm³/mol. The van der Waals surface area contributed by atoms with Crippen LogP contribution in [0.4, 0.5) is 0 Å². The van der Waals surface area contributed by atoms with Gasteiger partial charge >= 0.3 is 5.69 Å². The molecule has 1 saturated heterocycles. The molecule has 9 nitrogen and oxygen atoms in total. The average Bonchev–Trinajstić information content (AvgIpc) is 3.31. The number of nitrogens with zero attached hydrogens (tertiary/aromatic N) is 4. The molecule has 0 aliphatic carbocycles. The Kier molecular flexibility index (Phi) is 6.53. The van der Waals surface area contributed by atoms with Gasteiger partial charge < -0.3 is 14.8 Å². The van der Waals surface area contributed by atoms with Crippen molar-refractivity contribution in [3.8, 4) is 0 Å². The van der Waals surface area contributed by atoms with E-state index in [0.29, 0.717) is 39.1 Å². The van der Waals surface area contributed by atoms with E-state index in [-0.39, 0.29) is 18.4 Å². The first-order chi connectivity index (χ1) is 17.5. The maximum Gasteiger partial charge on any atom is 0.331 e. The number of piperazine rings is 1. The molecular weight excluding hydrogens is 458 g/mol. The summed E-state index contributed by atoms with van der Waals surface area (Å²) < 4.78 is 2.39. The second-order valence-electron chi connectivity index (χ2n) is 8.93. The summed E-state index contributed by atoms with van der Waals surface area (Å²) in [5, 5.41) is 1.03. The van der Waals surface area contributed by atoms with Crippen molar-refractivity contribution in [1.29, 1.82) is 0 Å². The molecule has 36 heavy (non-hydrogen) atoms. The average molecular weight is 486 g/mol. The minimum absolute atomic E-state index is 0.00919. The first-order valence-corrected chi connectivity index (χ1v) is 11.9. The highest BCUT2D eigenvalue weighted by Crippen LogP contribution is 2.19. The summed E-state index contributed by atoms with van der Waals surface area (Å²) in [6, 6.07) is 18.6. The van der Waals surface area contributed by atoms with Crippen LogP contribution < -0.4 is 11.2 Å². The van der Waals surface area contributed by atoms with Crippen LogP contribution >= 0.6 is 0 Å². The summed E-state index contributed by atoms with van der Waals surface area (Å²) >= 11 is 0. The summed E-state index contributed by atoms with van der Waals surface area (Å²) in [5.41, 5.74) is 1.83. The molecule has 2 aromatic heterocycles. The molecule has 4 aromatic rings. The zero-order chi connectivity index (χ0) is 25.1. The van der Waals surface area contributed by atoms with E-state index in [2.05, 4.69) is 4.98 Å². The topological polar surface area (TPSA) is 100 Å². The van der Waals surface area contributed by atoms with Crippen molar-refractivity contribution in [2.45, 2.75) is 19.5 Å². The van der Waals surface area contributed by atoms with Crippen LogP contribution in [0.5, 0.6) is 0 Å². The number of amides is 2. The Morgan fingerprint density at radius 2 is 1.47 bits per heavy atom. The van der Waals surface area contributed by atoms with Crippen LogP contribution in [0.1, 0.15) is 11.1 Å². The first kappa shape index (κ1) is 23.3. The predicted octanol–water partition coefficient (Wildman–Crippen LogP) is 1.45. The van der Waals surface area contributed by atoms with Crippen molar-refractivity contribution in [3.63, 3.8) is 0 Å². The highest BCUT2D eigenvalue weighted by molar-refractivity contribution is 5.89. The lowest BCUT2D eigenvalue weighted by molar-refractivity contribution is -0.139. The summed E-state index contributed by atoms with van der Waals surface area (Å²) in [6.07, 6.45) is 3.61. The zero-order valence-electron chi connectivity index (χ0n) is 19.8. The molecule has 5 rings (SSSR count). The monoisotopic (exact) mass is 485 g/mol. The van der Waals surface area contributed by atoms with E-state index in [1.165, 1.54) is 16.8 Å². The Bertz CT molecular complexity index is 1510. The van der Waals surface area contributed by atoms with Crippen LogP contribution in [0.2, 0.25) is 0 Å². The van der Waals surface area contributed by atoms with Crippen molar-refractivity contribution in [2.24, 2.45) is 0 Å². The molecular formula is C27H27N5O4. The molecule has 0 unspecified atom stereocenters. The van der Waals surface area contributed by atoms with Crippen LogP contribution in [0.3, 0.4) is 0 Å². The fourth-order valence-corrected chi connectivity index (χ4v) is 4.60. The van der Waals surface area contributed by atoms with Crippen molar-refractivity contribution in [3.05, 3.63) is 105 Å². The van der Waals surface area contributed by atoms with Crippen molar-refractivity contribution in [1.82, 2.24) is 23.9 Å². The lowest BCUT2D eigenvalue weighted by atomic mass is 10.1. The minimum atomic E-state index is -0.521. The molecule has 0 bridgehead atoms. The smallest absolute Gasteiger partial charge is 0.331 e. The van der Waals surface area contributed by atoms with Gasteiger partial charge in [0.15, 0.2) is 0 Å². The van der Waals surface area contributed by atoms with Gasteiger partial charge in [-0.2, -0.15) is 0 Å². The third-order valence-electron chi connectivity index (χ3n) is 6.63. The Morgan fingerprint density at radius 1 is 0.806 bits per heavy atom. The highest BCUT2D eigenvalue weighted by atomic mass is 16.2. The molecule has 1 aliphatic rings. The molecule has 0 atom stereocenters. The third kappa shape index (κ3) is 4.86. The standard InChI is InChI=1S/C27H27N5O4/c33-24-10-11-31(18-20-6-2-1-3-7-20)27(36)32(24)19-26(35)30-14-12-29(13-15-30)25(34)16-21-17-28-23-9-5-4-8-22(21)23/h1-11,17,28H,12-16,18-19H2. The number of para-hydroxylation sites is 1. The van der Waals surface area contributed by atoms with E-state index < -0.39 is 11.2 Å². The van der Waals surface area contributed by atoms with Gasteiger partial charge in [0.25, 0.3) is 5.56 Å². The highest BCUT2D eigenvalue weighted by Gasteiger charge is 2.25. The molecule has 184 valence electrons. The van der Waals surface area contributed by atoms with Crippen LogP contribution in [-0.2, 0) is 29.1 Å². The molecule has 2 amide bonds. The second kappa shape index (κ2) is 10.1. The quantitative estimate of drug-likeness (QED) is 0.447. The van der Waals surface area contributed by atoms with Gasteiger partial charge in [0.1, 0.15) is 6.54 Å². The molecule has 1 fully saturated rings. The van der Waals surface area contributed by atoms with Crippen LogP contribution in [0.25, 0.3) is 10.9 Å². The normalized spacial score (nSPS) is 13.8. The minimum Gasteiger partial charge on any atom is -0.361 e. The molecule has 9 heteroatoms. The number of carbonyl (C=O) groups is 2. The van der Waals surface area contributed by atoms with Gasteiger partial charge in [-0.25, -0.2) is 4.79 Å². The van der Waals surface area contributed by atoms with Gasteiger partial charge in [-0.1, -0.05) is 48.5 Å². The lowest BCUT2D eigenvalue weighted by Crippen LogP contribution is -2.53. The maximum atomic E-state index is 12.9. The molecule has 1 N–H and O–H groups in total. The number of benzene rings is 2. The lowest BCUT2D eigenvalue weighted by Gasteiger charge is -2.35. The maximum absolute atomic E-state index is 12.9. The van der Waals surface area contributed by atoms with E-state index in [1.807, 2.05) is 60.8 Å². The summed E-state index contributed by atoms with van der Waals surface area (Å²) in [5.74, 6) is -0.301. The largest absolute Gasteiger partial charge is 0.361 e. The molecule has 2 aromatic carbocycles. The van der Waals surface area contributed by atoms with Gasteiger partial charge in [-0.15, -0.1) is 0 Å². The number of fused-ring (bicyclic) bond motifs is 1. The Hall–Kier alpha value is -4.40. The number of H-pyrrole nitrogens is 1. The van der Waals surface area contributed by atoms with E-state index in [9.17, 15) is 19.2 Å². The van der Waals surface area contributed by atoms with Gasteiger partial charge in [0.2, 0.25) is 11.8 Å². The van der Waals surface area contributed by atoms with Gasteiger partial charge in [0, 0.05) is 55.5 Å². The number of carbonyl (C=O) groups excluding carboxylic acids is 2. The number of nitrogens with one attached hydrogen (secondary N) is 1. The first-order valence-electron chi connectivity index (χ1n) is 11.9. The SMILES string of the molecule is O=C(Cc1c[nH]c2ccccc12)N1CCN(C(=O)Cn2c(=O)ccn(Cc3ccccc3)c2=O)CC1. The Morgan fingerprint density at radius 3 is 2.22 bits per heavy atom. The number of hydrogen-bond acceptors (Lipinski definition) is 4. The van der Waals surface area contributed by atoms with E-state index in [4.69, 9.17) is 0 Å². The fraction of sp³-hybridized carbons (Fsp3) is 0.259. The Labute approximate surface area is 207 Å². The molecule has 0 saturated carbocycles. The zero-order valence-corrected chi connectivity index (χ0v) is 19.8. The molecule has 1 aliphatic heterocycles. The molecule has 0 spiro atoms. The van der Waals surface area contributed by atoms with Gasteiger partial charge in [-0.3, -0.25) is 23.5 Å². The molecule has 3 heterocycles. The van der Waals surface area contributed by atoms with Gasteiger partial charge in [-0.05, 0) is 17.2 Å². The van der Waals surface area contributed by atoms with Crippen molar-refractivity contribution < 1.29 is 9.59 Å². The van der Waals surface area contributed by atoms with Gasteiger partial charge in [0.05, 0.1) is 13.0 Å². The molecule has 0 radical (unpaired) electrons. The summed E-state index contributed by atoms with van der Waals surface area (Å²) in [6.45, 7) is 1.53.